The highest BCUT2D eigenvalue weighted by molar-refractivity contribution is 7.58. The Hall–Kier alpha value is -3.00. The molecule has 1 N–H and O–H groups in total. The van der Waals surface area contributed by atoms with E-state index in [0.29, 0.717) is 29.2 Å². The number of esters is 1. The molecule has 7 nitrogen and oxygen atoms in total. The van der Waals surface area contributed by atoms with E-state index in [-0.39, 0.29) is 0 Å². The summed E-state index contributed by atoms with van der Waals surface area (Å²) in [7, 11) is 0. The van der Waals surface area contributed by atoms with Gasteiger partial charge in [0.1, 0.15) is 17.1 Å². The predicted molar refractivity (Wildman–Crippen MR) is 98.7 cm³/mol. The molecule has 8 heteroatoms. The van der Waals surface area contributed by atoms with E-state index < -0.39 is 24.6 Å². The van der Waals surface area contributed by atoms with E-state index in [2.05, 4.69) is 14.0 Å². The Labute approximate surface area is 154 Å². The van der Waals surface area contributed by atoms with Gasteiger partial charge in [0.2, 0.25) is 0 Å². The van der Waals surface area contributed by atoms with Gasteiger partial charge in [-0.2, -0.15) is 8.73 Å². The Bertz CT molecular complexity index is 879. The molecule has 1 atom stereocenters. The van der Waals surface area contributed by atoms with Crippen molar-refractivity contribution in [3.8, 4) is 5.75 Å². The van der Waals surface area contributed by atoms with Gasteiger partial charge in [-0.05, 0) is 30.7 Å². The second kappa shape index (κ2) is 8.39. The van der Waals surface area contributed by atoms with Crippen LogP contribution in [-0.2, 0) is 25.7 Å². The van der Waals surface area contributed by atoms with Gasteiger partial charge in [-0.1, -0.05) is 31.2 Å². The highest BCUT2D eigenvalue weighted by atomic mass is 32.1. The molecule has 134 valence electrons. The molecule has 2 aromatic rings. The SMILES string of the molecule is CC[C@H](Oc1ccccc1)C(=O)OCC(=O)Nc1cccc2c1N=S=N2. The first-order valence-electron chi connectivity index (χ1n) is 8.07. The van der Waals surface area contributed by atoms with Gasteiger partial charge in [-0.25, -0.2) is 4.79 Å². The standard InChI is InChI=1S/C18H17N3O4S/c1-2-15(25-12-7-4-3-5-8-12)18(23)24-11-16(22)19-13-9-6-10-14-17(13)21-26-20-14/h3-10,15H,2,11H2,1H3,(H,19,22)/t15-/m0/s1. The zero-order valence-electron chi connectivity index (χ0n) is 14.0. The van der Waals surface area contributed by atoms with Crippen LogP contribution < -0.4 is 10.1 Å². The van der Waals surface area contributed by atoms with Crippen molar-refractivity contribution >= 4 is 40.3 Å². The number of nitrogens with one attached hydrogen (secondary N) is 1. The first-order chi connectivity index (χ1) is 12.7. The number of nitrogens with zero attached hydrogens (tertiary/aromatic N) is 2. The molecule has 0 saturated carbocycles. The van der Waals surface area contributed by atoms with Crippen molar-refractivity contribution in [2.75, 3.05) is 11.9 Å². The van der Waals surface area contributed by atoms with Crippen molar-refractivity contribution < 1.29 is 19.1 Å². The number of hydrogen-bond acceptors (Lipinski definition) is 6. The molecule has 1 heterocycles. The number of rotatable bonds is 7. The molecule has 2 aromatic carbocycles. The van der Waals surface area contributed by atoms with E-state index in [1.54, 1.807) is 30.3 Å². The molecule has 3 rings (SSSR count). The topological polar surface area (TPSA) is 89.3 Å². The third-order valence-electron chi connectivity index (χ3n) is 3.56. The Morgan fingerprint density at radius 1 is 1.12 bits per heavy atom. The van der Waals surface area contributed by atoms with Crippen LogP contribution in [0.5, 0.6) is 5.75 Å². The number of hydrogen-bond donors (Lipinski definition) is 1. The van der Waals surface area contributed by atoms with Crippen LogP contribution in [-0.4, -0.2) is 24.6 Å². The lowest BCUT2D eigenvalue weighted by atomic mass is 10.2. The molecular formula is C18H17N3O4S. The number of fused-ring (bicyclic) bond motifs is 1. The summed E-state index contributed by atoms with van der Waals surface area (Å²) in [5.41, 5.74) is 1.84. The number of benzene rings is 2. The maximum atomic E-state index is 12.2. The molecule has 0 aromatic heterocycles. The number of carbonyl (C=O) groups excluding carboxylic acids is 2. The van der Waals surface area contributed by atoms with Gasteiger partial charge >= 0.3 is 5.97 Å². The first kappa shape index (κ1) is 17.8. The number of anilines is 1. The Balaban J connectivity index is 1.53. The third-order valence-corrected chi connectivity index (χ3v) is 4.10. The molecule has 0 bridgehead atoms. The van der Waals surface area contributed by atoms with Crippen molar-refractivity contribution in [1.82, 2.24) is 0 Å². The predicted octanol–water partition coefficient (Wildman–Crippen LogP) is 3.75. The van der Waals surface area contributed by atoms with Gasteiger partial charge in [-0.15, -0.1) is 0 Å². The van der Waals surface area contributed by atoms with Crippen LogP contribution in [0.15, 0.2) is 57.3 Å². The van der Waals surface area contributed by atoms with Gasteiger partial charge in [0.05, 0.1) is 17.0 Å². The molecule has 1 aliphatic rings. The number of amides is 1. The van der Waals surface area contributed by atoms with E-state index in [0.717, 1.165) is 11.4 Å². The summed E-state index contributed by atoms with van der Waals surface area (Å²) in [4.78, 5) is 24.2. The Kier molecular flexibility index (Phi) is 5.75. The van der Waals surface area contributed by atoms with Crippen molar-refractivity contribution in [1.29, 1.82) is 0 Å². The minimum absolute atomic E-state index is 0.401. The average Bonchev–Trinajstić information content (AvgIpc) is 3.15. The lowest BCUT2D eigenvalue weighted by molar-refractivity contribution is -0.154. The lowest BCUT2D eigenvalue weighted by Gasteiger charge is -2.16. The molecule has 1 aliphatic heterocycles. The molecule has 0 radical (unpaired) electrons. The maximum Gasteiger partial charge on any atom is 0.347 e. The van der Waals surface area contributed by atoms with Crippen LogP contribution in [0.25, 0.3) is 0 Å². The van der Waals surface area contributed by atoms with Crippen LogP contribution in [0, 0.1) is 0 Å². The minimum Gasteiger partial charge on any atom is -0.479 e. The summed E-state index contributed by atoms with van der Waals surface area (Å²) in [5.74, 6) is -0.461. The van der Waals surface area contributed by atoms with Gasteiger partial charge in [0, 0.05) is 0 Å². The smallest absolute Gasteiger partial charge is 0.347 e. The van der Waals surface area contributed by atoms with Crippen LogP contribution in [0.3, 0.4) is 0 Å². The quantitative estimate of drug-likeness (QED) is 0.641. The summed E-state index contributed by atoms with van der Waals surface area (Å²) in [6.45, 7) is 1.41. The van der Waals surface area contributed by atoms with E-state index >= 15 is 0 Å². The molecule has 0 saturated heterocycles. The van der Waals surface area contributed by atoms with E-state index in [9.17, 15) is 9.59 Å². The monoisotopic (exact) mass is 371 g/mol. The highest BCUT2D eigenvalue weighted by Crippen LogP contribution is 2.38. The zero-order chi connectivity index (χ0) is 18.4. The summed E-state index contributed by atoms with van der Waals surface area (Å²) in [5, 5.41) is 2.68. The maximum absolute atomic E-state index is 12.2. The van der Waals surface area contributed by atoms with E-state index in [1.165, 1.54) is 0 Å². The number of carbonyl (C=O) groups is 2. The summed E-state index contributed by atoms with van der Waals surface area (Å²) in [6, 6.07) is 14.3. The number of ether oxygens (including phenoxy) is 2. The van der Waals surface area contributed by atoms with Crippen LogP contribution in [0.4, 0.5) is 17.1 Å². The second-order valence-electron chi connectivity index (χ2n) is 5.42. The van der Waals surface area contributed by atoms with Gasteiger partial charge in [0.25, 0.3) is 5.91 Å². The van der Waals surface area contributed by atoms with E-state index in [4.69, 9.17) is 9.47 Å². The zero-order valence-corrected chi connectivity index (χ0v) is 14.9. The molecule has 0 aliphatic carbocycles. The molecule has 0 unspecified atom stereocenters. The van der Waals surface area contributed by atoms with Gasteiger partial charge < -0.3 is 14.8 Å². The van der Waals surface area contributed by atoms with Crippen molar-refractivity contribution in [2.24, 2.45) is 8.73 Å². The number of para-hydroxylation sites is 1. The normalized spacial score (nSPS) is 12.7. The molecule has 0 spiro atoms. The van der Waals surface area contributed by atoms with Crippen molar-refractivity contribution in [3.05, 3.63) is 48.5 Å². The fourth-order valence-corrected chi connectivity index (χ4v) is 2.83. The highest BCUT2D eigenvalue weighted by Gasteiger charge is 2.21. The molecule has 26 heavy (non-hydrogen) atoms. The molecule has 0 fully saturated rings. The van der Waals surface area contributed by atoms with Crippen molar-refractivity contribution in [2.45, 2.75) is 19.4 Å². The fourth-order valence-electron chi connectivity index (χ4n) is 2.28. The summed E-state index contributed by atoms with van der Waals surface area (Å²) >= 11 is 1.07. The van der Waals surface area contributed by atoms with Crippen LogP contribution >= 0.6 is 0 Å². The first-order valence-corrected chi connectivity index (χ1v) is 8.80. The van der Waals surface area contributed by atoms with Crippen LogP contribution in [0.1, 0.15) is 13.3 Å². The largest absolute Gasteiger partial charge is 0.479 e. The van der Waals surface area contributed by atoms with E-state index in [1.807, 2.05) is 25.1 Å². The minimum atomic E-state index is -0.767. The van der Waals surface area contributed by atoms with Crippen molar-refractivity contribution in [3.63, 3.8) is 0 Å². The average molecular weight is 371 g/mol. The molecular weight excluding hydrogens is 354 g/mol. The Morgan fingerprint density at radius 3 is 2.69 bits per heavy atom. The second-order valence-corrected chi connectivity index (χ2v) is 5.95. The summed E-state index contributed by atoms with van der Waals surface area (Å²) in [6.07, 6.45) is -0.338. The van der Waals surface area contributed by atoms with Gasteiger partial charge in [-0.3, -0.25) is 4.79 Å². The third kappa shape index (κ3) is 4.34. The lowest BCUT2D eigenvalue weighted by Crippen LogP contribution is -2.31. The molecule has 1 amide bonds. The van der Waals surface area contributed by atoms with Crippen LogP contribution in [0.2, 0.25) is 0 Å². The van der Waals surface area contributed by atoms with Gasteiger partial charge in [0.15, 0.2) is 12.7 Å². The summed E-state index contributed by atoms with van der Waals surface area (Å²) < 4.78 is 18.9. The Morgan fingerprint density at radius 2 is 1.92 bits per heavy atom. The fraction of sp³-hybridized carbons (Fsp3) is 0.222.